The van der Waals surface area contributed by atoms with Gasteiger partial charge in [0.25, 0.3) is 5.91 Å². The summed E-state index contributed by atoms with van der Waals surface area (Å²) in [6.45, 7) is 6.00. The number of amides is 1. The molecule has 2 aromatic heterocycles. The van der Waals surface area contributed by atoms with Crippen LogP contribution in [0.2, 0.25) is 0 Å². The number of carbonyl (C=O) groups excluding carboxylic acids is 1. The number of piperazine rings is 1. The smallest absolute Gasteiger partial charge is 0.254 e. The standard InChI is InChI=1S/C16H19N7O/c1-11-6-13(7-14-15(11)20-21-19-14)16(24)23-4-2-22(3-5-23)10-12-8-17-18-9-12/h6-9H,2-5,10H2,1H3,(H,17,18)(H,19,20,21). The second-order valence-corrected chi connectivity index (χ2v) is 6.16. The fourth-order valence-corrected chi connectivity index (χ4v) is 3.16. The number of nitrogens with one attached hydrogen (secondary N) is 2. The Labute approximate surface area is 138 Å². The second-order valence-electron chi connectivity index (χ2n) is 6.16. The summed E-state index contributed by atoms with van der Waals surface area (Å²) in [6.07, 6.45) is 3.75. The minimum atomic E-state index is 0.0611. The third-order valence-electron chi connectivity index (χ3n) is 4.48. The van der Waals surface area contributed by atoms with Crippen molar-refractivity contribution in [3.8, 4) is 0 Å². The van der Waals surface area contributed by atoms with Gasteiger partial charge < -0.3 is 4.90 Å². The molecule has 0 aliphatic carbocycles. The van der Waals surface area contributed by atoms with E-state index in [1.165, 1.54) is 5.56 Å². The molecule has 8 heteroatoms. The van der Waals surface area contributed by atoms with Crippen LogP contribution in [0.1, 0.15) is 21.5 Å². The van der Waals surface area contributed by atoms with Crippen LogP contribution in [0, 0.1) is 6.92 Å². The number of aryl methyl sites for hydroxylation is 1. The number of rotatable bonds is 3. The first-order valence-electron chi connectivity index (χ1n) is 8.01. The normalized spacial score (nSPS) is 16.0. The molecule has 4 rings (SSSR count). The number of hydrogen-bond donors (Lipinski definition) is 2. The molecule has 1 aliphatic rings. The average Bonchev–Trinajstić information content (AvgIpc) is 3.26. The van der Waals surface area contributed by atoms with Crippen LogP contribution >= 0.6 is 0 Å². The molecule has 0 saturated carbocycles. The lowest BCUT2D eigenvalue weighted by Crippen LogP contribution is -2.48. The molecule has 24 heavy (non-hydrogen) atoms. The van der Waals surface area contributed by atoms with E-state index in [1.54, 1.807) is 0 Å². The molecule has 1 saturated heterocycles. The molecule has 1 aliphatic heterocycles. The van der Waals surface area contributed by atoms with Crippen LogP contribution in [-0.4, -0.2) is 67.5 Å². The van der Waals surface area contributed by atoms with Crippen molar-refractivity contribution in [3.05, 3.63) is 41.2 Å². The SMILES string of the molecule is Cc1cc(C(=O)N2CCN(Cc3cn[nH]c3)CC2)cc2n[nH]nc12. The largest absolute Gasteiger partial charge is 0.336 e. The average molecular weight is 325 g/mol. The molecule has 1 aromatic carbocycles. The van der Waals surface area contributed by atoms with Gasteiger partial charge in [-0.25, -0.2) is 0 Å². The van der Waals surface area contributed by atoms with Crippen molar-refractivity contribution in [2.75, 3.05) is 26.2 Å². The predicted octanol–water partition coefficient (Wildman–Crippen LogP) is 0.947. The van der Waals surface area contributed by atoms with E-state index in [0.717, 1.165) is 49.3 Å². The molecule has 0 atom stereocenters. The summed E-state index contributed by atoms with van der Waals surface area (Å²) in [4.78, 5) is 17.0. The second kappa shape index (κ2) is 6.04. The number of benzene rings is 1. The van der Waals surface area contributed by atoms with Gasteiger partial charge in [-0.2, -0.15) is 20.5 Å². The highest BCUT2D eigenvalue weighted by Crippen LogP contribution is 2.18. The van der Waals surface area contributed by atoms with Crippen molar-refractivity contribution < 1.29 is 4.79 Å². The summed E-state index contributed by atoms with van der Waals surface area (Å²) in [5.74, 6) is 0.0611. The topological polar surface area (TPSA) is 93.8 Å². The van der Waals surface area contributed by atoms with Gasteiger partial charge in [0.1, 0.15) is 11.0 Å². The zero-order valence-electron chi connectivity index (χ0n) is 13.5. The number of fused-ring (bicyclic) bond motifs is 1. The molecule has 3 heterocycles. The van der Waals surface area contributed by atoms with E-state index in [4.69, 9.17) is 0 Å². The number of aromatic nitrogens is 5. The van der Waals surface area contributed by atoms with Crippen LogP contribution in [-0.2, 0) is 6.54 Å². The zero-order valence-corrected chi connectivity index (χ0v) is 13.5. The molecular weight excluding hydrogens is 306 g/mol. The molecule has 0 radical (unpaired) electrons. The molecule has 1 fully saturated rings. The summed E-state index contributed by atoms with van der Waals surface area (Å²) in [5.41, 5.74) is 4.36. The van der Waals surface area contributed by atoms with E-state index >= 15 is 0 Å². The van der Waals surface area contributed by atoms with Crippen molar-refractivity contribution in [1.29, 1.82) is 0 Å². The molecule has 124 valence electrons. The molecule has 0 unspecified atom stereocenters. The van der Waals surface area contributed by atoms with Gasteiger partial charge >= 0.3 is 0 Å². The van der Waals surface area contributed by atoms with Crippen LogP contribution in [0.5, 0.6) is 0 Å². The van der Waals surface area contributed by atoms with E-state index in [0.29, 0.717) is 5.56 Å². The summed E-state index contributed by atoms with van der Waals surface area (Å²) in [7, 11) is 0. The molecule has 2 N–H and O–H groups in total. The Hall–Kier alpha value is -2.74. The zero-order chi connectivity index (χ0) is 16.5. The number of aromatic amines is 2. The predicted molar refractivity (Wildman–Crippen MR) is 88.4 cm³/mol. The molecule has 1 amide bonds. The Morgan fingerprint density at radius 3 is 2.79 bits per heavy atom. The Bertz CT molecular complexity index is 847. The van der Waals surface area contributed by atoms with Gasteiger partial charge in [0.05, 0.1) is 6.20 Å². The van der Waals surface area contributed by atoms with Gasteiger partial charge in [0.15, 0.2) is 0 Å². The first-order chi connectivity index (χ1) is 11.7. The van der Waals surface area contributed by atoms with E-state index in [-0.39, 0.29) is 5.91 Å². The van der Waals surface area contributed by atoms with Crippen LogP contribution in [0.15, 0.2) is 24.5 Å². The Morgan fingerprint density at radius 1 is 1.21 bits per heavy atom. The quantitative estimate of drug-likeness (QED) is 0.748. The monoisotopic (exact) mass is 325 g/mol. The third-order valence-corrected chi connectivity index (χ3v) is 4.48. The van der Waals surface area contributed by atoms with Crippen molar-refractivity contribution in [2.24, 2.45) is 0 Å². The Kier molecular flexibility index (Phi) is 3.73. The summed E-state index contributed by atoms with van der Waals surface area (Å²) >= 11 is 0. The van der Waals surface area contributed by atoms with Crippen molar-refractivity contribution in [1.82, 2.24) is 35.4 Å². The maximum Gasteiger partial charge on any atom is 0.254 e. The van der Waals surface area contributed by atoms with Crippen LogP contribution in [0.4, 0.5) is 0 Å². The lowest BCUT2D eigenvalue weighted by molar-refractivity contribution is 0.0628. The van der Waals surface area contributed by atoms with Gasteiger partial charge in [-0.1, -0.05) is 0 Å². The maximum absolute atomic E-state index is 12.8. The summed E-state index contributed by atoms with van der Waals surface area (Å²) in [6, 6.07) is 3.71. The number of nitrogens with zero attached hydrogens (tertiary/aromatic N) is 5. The first kappa shape index (κ1) is 14.8. The fraction of sp³-hybridized carbons (Fsp3) is 0.375. The van der Waals surface area contributed by atoms with Crippen molar-refractivity contribution in [3.63, 3.8) is 0 Å². The van der Waals surface area contributed by atoms with Gasteiger partial charge in [0.2, 0.25) is 0 Å². The lowest BCUT2D eigenvalue weighted by Gasteiger charge is -2.34. The van der Waals surface area contributed by atoms with Crippen LogP contribution in [0.3, 0.4) is 0 Å². The van der Waals surface area contributed by atoms with E-state index in [1.807, 2.05) is 36.4 Å². The number of H-pyrrole nitrogens is 2. The van der Waals surface area contributed by atoms with E-state index in [9.17, 15) is 4.79 Å². The van der Waals surface area contributed by atoms with Gasteiger partial charge in [-0.15, -0.1) is 0 Å². The minimum Gasteiger partial charge on any atom is -0.336 e. The third kappa shape index (κ3) is 2.76. The van der Waals surface area contributed by atoms with E-state index < -0.39 is 0 Å². The highest BCUT2D eigenvalue weighted by atomic mass is 16.2. The summed E-state index contributed by atoms with van der Waals surface area (Å²) < 4.78 is 0. The molecular formula is C16H19N7O. The van der Waals surface area contributed by atoms with Gasteiger partial charge in [-0.3, -0.25) is 14.8 Å². The first-order valence-corrected chi connectivity index (χ1v) is 8.01. The Balaban J connectivity index is 1.43. The number of hydrogen-bond acceptors (Lipinski definition) is 5. The lowest BCUT2D eigenvalue weighted by atomic mass is 10.1. The van der Waals surface area contributed by atoms with Gasteiger partial charge in [-0.05, 0) is 24.6 Å². The van der Waals surface area contributed by atoms with Gasteiger partial charge in [0, 0.05) is 50.0 Å². The van der Waals surface area contributed by atoms with Crippen molar-refractivity contribution >= 4 is 16.9 Å². The summed E-state index contributed by atoms with van der Waals surface area (Å²) in [5, 5.41) is 17.6. The molecule has 0 spiro atoms. The van der Waals surface area contributed by atoms with Crippen molar-refractivity contribution in [2.45, 2.75) is 13.5 Å². The fourth-order valence-electron chi connectivity index (χ4n) is 3.16. The highest BCUT2D eigenvalue weighted by Gasteiger charge is 2.23. The highest BCUT2D eigenvalue weighted by molar-refractivity contribution is 5.98. The van der Waals surface area contributed by atoms with Crippen LogP contribution < -0.4 is 0 Å². The molecule has 8 nitrogen and oxygen atoms in total. The number of carbonyl (C=O) groups is 1. The molecule has 3 aromatic rings. The maximum atomic E-state index is 12.8. The minimum absolute atomic E-state index is 0.0611. The van der Waals surface area contributed by atoms with E-state index in [2.05, 4.69) is 30.5 Å². The Morgan fingerprint density at radius 2 is 2.04 bits per heavy atom. The van der Waals surface area contributed by atoms with Crippen LogP contribution in [0.25, 0.3) is 11.0 Å². The molecule has 0 bridgehead atoms.